The smallest absolute Gasteiger partial charge is 0.319 e. The molecule has 3 aliphatic rings. The summed E-state index contributed by atoms with van der Waals surface area (Å²) in [5.41, 5.74) is 4.98. The molecule has 0 bridgehead atoms. The Morgan fingerprint density at radius 3 is 2.44 bits per heavy atom. The second kappa shape index (κ2) is 12.3. The maximum atomic E-state index is 12.9. The van der Waals surface area contributed by atoms with Crippen molar-refractivity contribution in [3.63, 3.8) is 0 Å². The number of anilines is 1. The summed E-state index contributed by atoms with van der Waals surface area (Å²) in [7, 11) is 0. The third-order valence-corrected chi connectivity index (χ3v) is 8.41. The molecular weight excluding hydrogens is 518 g/mol. The Hall–Kier alpha value is -3.88. The first-order valence-electron chi connectivity index (χ1n) is 14.6. The Morgan fingerprint density at radius 2 is 1.68 bits per heavy atom. The van der Waals surface area contributed by atoms with E-state index in [1.807, 2.05) is 48.5 Å². The first-order chi connectivity index (χ1) is 20.1. The fourth-order valence-electron chi connectivity index (χ4n) is 6.31. The predicted octanol–water partition coefficient (Wildman–Crippen LogP) is 5.12. The van der Waals surface area contributed by atoms with E-state index in [0.717, 1.165) is 53.7 Å². The van der Waals surface area contributed by atoms with Crippen LogP contribution in [0.5, 0.6) is 5.75 Å². The molecule has 41 heavy (non-hydrogen) atoms. The normalized spacial score (nSPS) is 23.2. The van der Waals surface area contributed by atoms with Crippen molar-refractivity contribution in [2.45, 2.75) is 75.3 Å². The van der Waals surface area contributed by atoms with Gasteiger partial charge in [0.2, 0.25) is 5.91 Å². The van der Waals surface area contributed by atoms with Gasteiger partial charge in [0.05, 0.1) is 19.1 Å². The van der Waals surface area contributed by atoms with Crippen LogP contribution in [0.4, 0.5) is 10.5 Å². The molecule has 4 N–H and O–H groups in total. The van der Waals surface area contributed by atoms with Gasteiger partial charge in [-0.3, -0.25) is 4.79 Å². The van der Waals surface area contributed by atoms with Crippen molar-refractivity contribution < 1.29 is 24.2 Å². The fraction of sp³-hybridized carbons (Fsp3) is 0.394. The molecule has 4 atom stereocenters. The first-order valence-corrected chi connectivity index (χ1v) is 14.6. The van der Waals surface area contributed by atoms with E-state index in [9.17, 15) is 14.7 Å². The third kappa shape index (κ3) is 6.39. The molecule has 214 valence electrons. The lowest BCUT2D eigenvalue weighted by Crippen LogP contribution is -2.47. The van der Waals surface area contributed by atoms with Gasteiger partial charge in [0.1, 0.15) is 18.0 Å². The predicted molar refractivity (Wildman–Crippen MR) is 157 cm³/mol. The van der Waals surface area contributed by atoms with E-state index in [2.05, 4.69) is 40.2 Å². The van der Waals surface area contributed by atoms with Crippen molar-refractivity contribution in [1.82, 2.24) is 10.6 Å². The number of urea groups is 1. The van der Waals surface area contributed by atoms with E-state index in [1.165, 1.54) is 0 Å². The van der Waals surface area contributed by atoms with Crippen LogP contribution >= 0.6 is 0 Å². The van der Waals surface area contributed by atoms with E-state index in [4.69, 9.17) is 9.47 Å². The van der Waals surface area contributed by atoms with E-state index in [-0.39, 0.29) is 49.1 Å². The molecule has 0 radical (unpaired) electrons. The fourth-order valence-corrected chi connectivity index (χ4v) is 6.31. The van der Waals surface area contributed by atoms with Crippen LogP contribution in [0.25, 0.3) is 11.1 Å². The van der Waals surface area contributed by atoms with E-state index in [0.29, 0.717) is 18.7 Å². The van der Waals surface area contributed by atoms with E-state index >= 15 is 0 Å². The number of hydrogen-bond donors (Lipinski definition) is 4. The van der Waals surface area contributed by atoms with Crippen LogP contribution in [0.3, 0.4) is 0 Å². The van der Waals surface area contributed by atoms with Crippen molar-refractivity contribution in [2.75, 3.05) is 11.9 Å². The molecule has 1 saturated heterocycles. The summed E-state index contributed by atoms with van der Waals surface area (Å²) in [4.78, 5) is 25.4. The standard InChI is InChI=1S/C33H37N3O5/c37-20-30-32-28(27-16-25(14-15-29(27)41-32)36-33(39)35-24-8-4-5-9-24)17-26(40-30)18-31(38)34-19-21-10-12-23(13-11-21)22-6-2-1-3-7-22/h1-3,6-7,10-16,24,26,28,30,32,37H,4-5,8-9,17-20H2,(H,34,38)(H2,35,36,39)/t26-,28-,30-,32+/m1/s1. The van der Waals surface area contributed by atoms with Crippen LogP contribution in [0, 0.1) is 0 Å². The van der Waals surface area contributed by atoms with Crippen LogP contribution in [0.1, 0.15) is 55.6 Å². The molecule has 3 amide bonds. The number of benzene rings is 3. The topological polar surface area (TPSA) is 109 Å². The molecule has 3 aromatic rings. The minimum atomic E-state index is -0.536. The second-order valence-corrected chi connectivity index (χ2v) is 11.3. The monoisotopic (exact) mass is 555 g/mol. The summed E-state index contributed by atoms with van der Waals surface area (Å²) in [6.45, 7) is 0.232. The van der Waals surface area contributed by atoms with Crippen molar-refractivity contribution in [2.24, 2.45) is 0 Å². The highest BCUT2D eigenvalue weighted by molar-refractivity contribution is 5.89. The molecule has 8 heteroatoms. The molecule has 0 aromatic heterocycles. The van der Waals surface area contributed by atoms with Crippen LogP contribution in [-0.4, -0.2) is 48.0 Å². The van der Waals surface area contributed by atoms with Crippen LogP contribution < -0.4 is 20.7 Å². The average Bonchev–Trinajstić information content (AvgIpc) is 3.64. The maximum Gasteiger partial charge on any atom is 0.319 e. The Balaban J connectivity index is 1.05. The van der Waals surface area contributed by atoms with Crippen LogP contribution in [0.2, 0.25) is 0 Å². The number of ether oxygens (including phenoxy) is 2. The molecule has 0 unspecified atom stereocenters. The highest BCUT2D eigenvalue weighted by atomic mass is 16.6. The number of rotatable bonds is 8. The largest absolute Gasteiger partial charge is 0.487 e. The van der Waals surface area contributed by atoms with Gasteiger partial charge in [-0.25, -0.2) is 4.79 Å². The number of amides is 3. The molecule has 6 rings (SSSR count). The zero-order valence-corrected chi connectivity index (χ0v) is 23.1. The SMILES string of the molecule is O=C(C[C@H]1C[C@@H]2c3cc(NC(=O)NC4CCCC4)ccc3O[C@@H]2[C@@H](CO)O1)NCc1ccc(-c2ccccc2)cc1. The molecule has 0 spiro atoms. The number of carbonyl (C=O) groups is 2. The molecule has 1 aliphatic carbocycles. The quantitative estimate of drug-likeness (QED) is 0.309. The highest BCUT2D eigenvalue weighted by Gasteiger charge is 2.46. The Bertz CT molecular complexity index is 1360. The first kappa shape index (κ1) is 27.3. The van der Waals surface area contributed by atoms with Crippen molar-refractivity contribution >= 4 is 17.6 Å². The Morgan fingerprint density at radius 1 is 0.927 bits per heavy atom. The van der Waals surface area contributed by atoms with Crippen molar-refractivity contribution in [3.8, 4) is 16.9 Å². The number of aliphatic hydroxyl groups excluding tert-OH is 1. The number of hydrogen-bond acceptors (Lipinski definition) is 5. The van der Waals surface area contributed by atoms with Crippen LogP contribution in [0.15, 0.2) is 72.8 Å². The highest BCUT2D eigenvalue weighted by Crippen LogP contribution is 2.47. The summed E-state index contributed by atoms with van der Waals surface area (Å²) < 4.78 is 12.3. The van der Waals surface area contributed by atoms with Gasteiger partial charge in [-0.2, -0.15) is 0 Å². The zero-order valence-electron chi connectivity index (χ0n) is 23.1. The third-order valence-electron chi connectivity index (χ3n) is 8.41. The zero-order chi connectivity index (χ0) is 28.2. The number of carbonyl (C=O) groups excluding carboxylic acids is 2. The summed E-state index contributed by atoms with van der Waals surface area (Å²) in [6, 6.07) is 24.0. The minimum Gasteiger partial charge on any atom is -0.487 e. The Kier molecular flexibility index (Phi) is 8.21. The summed E-state index contributed by atoms with van der Waals surface area (Å²) in [5, 5.41) is 19.1. The number of fused-ring (bicyclic) bond motifs is 3. The number of aliphatic hydroxyl groups is 1. The van der Waals surface area contributed by atoms with Gasteiger partial charge in [-0.1, -0.05) is 67.4 Å². The van der Waals surface area contributed by atoms with Gasteiger partial charge >= 0.3 is 6.03 Å². The molecule has 3 aromatic carbocycles. The van der Waals surface area contributed by atoms with Gasteiger partial charge < -0.3 is 30.5 Å². The van der Waals surface area contributed by atoms with Gasteiger partial charge in [-0.15, -0.1) is 0 Å². The van der Waals surface area contributed by atoms with Gasteiger partial charge in [0.25, 0.3) is 0 Å². The van der Waals surface area contributed by atoms with Crippen molar-refractivity contribution in [3.05, 3.63) is 83.9 Å². The summed E-state index contributed by atoms with van der Waals surface area (Å²) in [5.74, 6) is 0.585. The molecular formula is C33H37N3O5. The van der Waals surface area contributed by atoms with Crippen LogP contribution in [-0.2, 0) is 16.1 Å². The number of nitrogens with one attached hydrogen (secondary N) is 3. The lowest BCUT2D eigenvalue weighted by atomic mass is 9.84. The maximum absolute atomic E-state index is 12.9. The van der Waals surface area contributed by atoms with E-state index in [1.54, 1.807) is 0 Å². The summed E-state index contributed by atoms with van der Waals surface area (Å²) >= 11 is 0. The second-order valence-electron chi connectivity index (χ2n) is 11.3. The Labute approximate surface area is 240 Å². The molecule has 2 fully saturated rings. The molecule has 2 aliphatic heterocycles. The molecule has 2 heterocycles. The lowest BCUT2D eigenvalue weighted by Gasteiger charge is -2.37. The van der Waals surface area contributed by atoms with Gasteiger partial charge in [-0.05, 0) is 54.2 Å². The average molecular weight is 556 g/mol. The van der Waals surface area contributed by atoms with Crippen molar-refractivity contribution in [1.29, 1.82) is 0 Å². The summed E-state index contributed by atoms with van der Waals surface area (Å²) in [6.07, 6.45) is 3.90. The minimum absolute atomic E-state index is 0.0427. The van der Waals surface area contributed by atoms with Gasteiger partial charge in [0.15, 0.2) is 0 Å². The molecule has 8 nitrogen and oxygen atoms in total. The lowest BCUT2D eigenvalue weighted by molar-refractivity contribution is -0.142. The molecule has 1 saturated carbocycles. The van der Waals surface area contributed by atoms with Gasteiger partial charge in [0, 0.05) is 29.8 Å². The van der Waals surface area contributed by atoms with E-state index < -0.39 is 6.10 Å².